The number of para-hydroxylation sites is 1. The summed E-state index contributed by atoms with van der Waals surface area (Å²) < 4.78 is 46.3. The van der Waals surface area contributed by atoms with Gasteiger partial charge >= 0.3 is 6.18 Å². The van der Waals surface area contributed by atoms with Crippen molar-refractivity contribution in [2.45, 2.75) is 19.1 Å². The highest BCUT2D eigenvalue weighted by molar-refractivity contribution is 6.05. The summed E-state index contributed by atoms with van der Waals surface area (Å²) in [6.07, 6.45) is 1.17. The van der Waals surface area contributed by atoms with Crippen molar-refractivity contribution in [2.75, 3.05) is 43.5 Å². The highest BCUT2D eigenvalue weighted by Gasteiger charge is 2.30. The van der Waals surface area contributed by atoms with Gasteiger partial charge in [-0.15, -0.1) is 5.10 Å². The van der Waals surface area contributed by atoms with E-state index in [1.165, 1.54) is 18.2 Å². The summed E-state index contributed by atoms with van der Waals surface area (Å²) in [5, 5.41) is 14.0. The summed E-state index contributed by atoms with van der Waals surface area (Å²) in [6.45, 7) is 5.10. The Kier molecular flexibility index (Phi) is 9.82. The van der Waals surface area contributed by atoms with Crippen molar-refractivity contribution in [1.82, 2.24) is 19.9 Å². The van der Waals surface area contributed by atoms with Crippen molar-refractivity contribution in [3.63, 3.8) is 0 Å². The Balaban J connectivity index is 1.18. The minimum Gasteiger partial charge on any atom is -0.379 e. The number of aryl methyl sites for hydroxylation is 1. The van der Waals surface area contributed by atoms with Gasteiger partial charge < -0.3 is 15.4 Å². The maximum absolute atomic E-state index is 13.0. The van der Waals surface area contributed by atoms with Gasteiger partial charge in [-0.1, -0.05) is 41.6 Å². The van der Waals surface area contributed by atoms with Gasteiger partial charge in [0.1, 0.15) is 5.69 Å². The van der Waals surface area contributed by atoms with Gasteiger partial charge in [-0.05, 0) is 54.5 Å². The number of ether oxygens (including phenoxy) is 1. The molecule has 1 aliphatic rings. The Morgan fingerprint density at radius 3 is 2.55 bits per heavy atom. The van der Waals surface area contributed by atoms with Crippen LogP contribution in [-0.4, -0.2) is 64.6 Å². The molecule has 9 nitrogen and oxygen atoms in total. The summed E-state index contributed by atoms with van der Waals surface area (Å²) in [5.74, 6) is -1.06. The molecule has 3 aromatic carbocycles. The van der Waals surface area contributed by atoms with E-state index in [1.807, 2.05) is 24.4 Å². The minimum atomic E-state index is -4.55. The van der Waals surface area contributed by atoms with Crippen molar-refractivity contribution in [1.29, 1.82) is 0 Å². The second-order valence-corrected chi connectivity index (χ2v) is 10.2. The topological polar surface area (TPSA) is 101 Å². The number of anilines is 2. The molecule has 1 saturated heterocycles. The van der Waals surface area contributed by atoms with Crippen molar-refractivity contribution in [3.05, 3.63) is 102 Å². The number of nitrogens with zero attached hydrogens (tertiary/aromatic N) is 4. The number of rotatable bonds is 10. The average Bonchev–Trinajstić information content (AvgIpc) is 3.49. The Bertz CT molecular complexity index is 1630. The fourth-order valence-corrected chi connectivity index (χ4v) is 4.73. The Hall–Kier alpha value is -4.81. The predicted molar refractivity (Wildman–Crippen MR) is 161 cm³/mol. The van der Waals surface area contributed by atoms with E-state index in [0.29, 0.717) is 22.6 Å². The summed E-state index contributed by atoms with van der Waals surface area (Å²) in [5.41, 5.74) is 1.90. The molecule has 1 fully saturated rings. The number of hydrogen-bond acceptors (Lipinski definition) is 6. The maximum atomic E-state index is 13.0. The van der Waals surface area contributed by atoms with Crippen molar-refractivity contribution < 1.29 is 27.5 Å². The summed E-state index contributed by atoms with van der Waals surface area (Å²) >= 11 is 0. The summed E-state index contributed by atoms with van der Waals surface area (Å²) in [4.78, 5) is 27.7. The standard InChI is InChI=1S/C32H31F3N6O3/c33-32(34,35)25-8-4-7-24(21-25)31(43)36-26-9-3-6-23(20-26)12-13-30(42)37-28-11-2-1-10-27(28)29-22-41(39-38-29)15-5-14-40-16-18-44-19-17-40/h1-4,6-13,20-22H,5,14-19H2,(H,36,43)(H,37,42)/b13-12+. The zero-order valence-electron chi connectivity index (χ0n) is 23.8. The van der Waals surface area contributed by atoms with E-state index in [1.54, 1.807) is 41.1 Å². The monoisotopic (exact) mass is 604 g/mol. The normalized spacial score (nSPS) is 14.1. The van der Waals surface area contributed by atoms with Gasteiger partial charge in [0, 0.05) is 49.1 Å². The van der Waals surface area contributed by atoms with Crippen LogP contribution in [0.4, 0.5) is 24.5 Å². The first-order chi connectivity index (χ1) is 21.2. The lowest BCUT2D eigenvalue weighted by Gasteiger charge is -2.26. The highest BCUT2D eigenvalue weighted by Crippen LogP contribution is 2.30. The lowest BCUT2D eigenvalue weighted by Crippen LogP contribution is -2.37. The van der Waals surface area contributed by atoms with Gasteiger partial charge in [0.15, 0.2) is 0 Å². The van der Waals surface area contributed by atoms with Crippen LogP contribution < -0.4 is 10.6 Å². The first kappa shape index (κ1) is 30.6. The van der Waals surface area contributed by atoms with Crippen LogP contribution in [-0.2, 0) is 22.3 Å². The molecule has 228 valence electrons. The molecule has 0 bridgehead atoms. The molecule has 4 aromatic rings. The van der Waals surface area contributed by atoms with Gasteiger partial charge in [-0.3, -0.25) is 19.2 Å². The number of aromatic nitrogens is 3. The number of carbonyl (C=O) groups excluding carboxylic acids is 2. The SMILES string of the molecule is O=C(/C=C/c1cccc(NC(=O)c2cccc(C(F)(F)F)c2)c1)Nc1ccccc1-c1cn(CCCN2CCOCC2)nn1. The van der Waals surface area contributed by atoms with E-state index in [2.05, 4.69) is 25.8 Å². The lowest BCUT2D eigenvalue weighted by atomic mass is 10.1. The van der Waals surface area contributed by atoms with E-state index in [0.717, 1.165) is 63.5 Å². The largest absolute Gasteiger partial charge is 0.416 e. The first-order valence-corrected chi connectivity index (χ1v) is 14.1. The van der Waals surface area contributed by atoms with Crippen LogP contribution in [0, 0.1) is 0 Å². The van der Waals surface area contributed by atoms with Crippen LogP contribution in [0.25, 0.3) is 17.3 Å². The molecular weight excluding hydrogens is 573 g/mol. The molecule has 2 heterocycles. The molecule has 1 aromatic heterocycles. The highest BCUT2D eigenvalue weighted by atomic mass is 19.4. The molecular formula is C32H31F3N6O3. The molecule has 2 N–H and O–H groups in total. The third-order valence-electron chi connectivity index (χ3n) is 6.99. The van der Waals surface area contributed by atoms with Crippen LogP contribution >= 0.6 is 0 Å². The number of carbonyl (C=O) groups is 2. The van der Waals surface area contributed by atoms with Gasteiger partial charge in [0.2, 0.25) is 5.91 Å². The molecule has 0 atom stereocenters. The minimum absolute atomic E-state index is 0.119. The second-order valence-electron chi connectivity index (χ2n) is 10.2. The van der Waals surface area contributed by atoms with Crippen molar-refractivity contribution >= 4 is 29.3 Å². The Morgan fingerprint density at radius 1 is 0.932 bits per heavy atom. The lowest BCUT2D eigenvalue weighted by molar-refractivity contribution is -0.137. The molecule has 0 unspecified atom stereocenters. The van der Waals surface area contributed by atoms with E-state index in [9.17, 15) is 22.8 Å². The summed E-state index contributed by atoms with van der Waals surface area (Å²) in [7, 11) is 0. The van der Waals surface area contributed by atoms with E-state index >= 15 is 0 Å². The number of alkyl halides is 3. The molecule has 0 aliphatic carbocycles. The number of hydrogen-bond donors (Lipinski definition) is 2. The number of morpholine rings is 1. The maximum Gasteiger partial charge on any atom is 0.416 e. The van der Waals surface area contributed by atoms with Gasteiger partial charge in [0.05, 0.1) is 30.7 Å². The predicted octanol–water partition coefficient (Wildman–Crippen LogP) is 5.59. The van der Waals surface area contributed by atoms with Gasteiger partial charge in [-0.25, -0.2) is 0 Å². The third-order valence-corrected chi connectivity index (χ3v) is 6.99. The Morgan fingerprint density at radius 2 is 1.73 bits per heavy atom. The number of benzene rings is 3. The first-order valence-electron chi connectivity index (χ1n) is 14.1. The van der Waals surface area contributed by atoms with Crippen LogP contribution in [0.15, 0.2) is 85.1 Å². The van der Waals surface area contributed by atoms with E-state index < -0.39 is 17.6 Å². The second kappa shape index (κ2) is 14.1. The number of halogens is 3. The fraction of sp³-hybridized carbons (Fsp3) is 0.250. The smallest absolute Gasteiger partial charge is 0.379 e. The summed E-state index contributed by atoms with van der Waals surface area (Å²) in [6, 6.07) is 18.1. The Labute approximate surface area is 252 Å². The quantitative estimate of drug-likeness (QED) is 0.229. The fourth-order valence-electron chi connectivity index (χ4n) is 4.73. The zero-order chi connectivity index (χ0) is 30.9. The molecule has 5 rings (SSSR count). The van der Waals surface area contributed by atoms with Crippen LogP contribution in [0.5, 0.6) is 0 Å². The van der Waals surface area contributed by atoms with Gasteiger partial charge in [-0.2, -0.15) is 13.2 Å². The zero-order valence-corrected chi connectivity index (χ0v) is 23.8. The average molecular weight is 605 g/mol. The van der Waals surface area contributed by atoms with Crippen molar-refractivity contribution in [2.24, 2.45) is 0 Å². The number of amides is 2. The van der Waals surface area contributed by atoms with Crippen LogP contribution in [0.1, 0.15) is 27.9 Å². The molecule has 44 heavy (non-hydrogen) atoms. The van der Waals surface area contributed by atoms with Crippen LogP contribution in [0.3, 0.4) is 0 Å². The van der Waals surface area contributed by atoms with Crippen LogP contribution in [0.2, 0.25) is 0 Å². The molecule has 12 heteroatoms. The van der Waals surface area contributed by atoms with E-state index in [4.69, 9.17) is 4.74 Å². The van der Waals surface area contributed by atoms with Gasteiger partial charge in [0.25, 0.3) is 5.91 Å². The van der Waals surface area contributed by atoms with Crippen molar-refractivity contribution in [3.8, 4) is 11.3 Å². The third kappa shape index (κ3) is 8.39. The molecule has 0 spiro atoms. The molecule has 1 aliphatic heterocycles. The number of nitrogens with one attached hydrogen (secondary N) is 2. The molecule has 0 saturated carbocycles. The van der Waals surface area contributed by atoms with E-state index in [-0.39, 0.29) is 11.5 Å². The molecule has 0 radical (unpaired) electrons. The molecule has 2 amide bonds.